The molecule has 1 fully saturated rings. The number of aryl methyl sites for hydroxylation is 2. The van der Waals surface area contributed by atoms with Crippen LogP contribution >= 0.6 is 0 Å². The largest absolute Gasteiger partial charge is 0.337 e. The van der Waals surface area contributed by atoms with Crippen LogP contribution in [0.3, 0.4) is 0 Å². The molecule has 5 nitrogen and oxygen atoms in total. The van der Waals surface area contributed by atoms with E-state index in [1.165, 1.54) is 5.56 Å². The van der Waals surface area contributed by atoms with Crippen molar-refractivity contribution in [1.82, 2.24) is 19.6 Å². The summed E-state index contributed by atoms with van der Waals surface area (Å²) in [6.45, 7) is 7.33. The number of fused-ring (bicyclic) bond motifs is 1. The summed E-state index contributed by atoms with van der Waals surface area (Å²) in [5.74, 6) is 0.0495. The monoisotopic (exact) mass is 360 g/mol. The predicted octanol–water partition coefficient (Wildman–Crippen LogP) is 3.06. The summed E-state index contributed by atoms with van der Waals surface area (Å²) in [4.78, 5) is 19.3. The van der Waals surface area contributed by atoms with E-state index in [4.69, 9.17) is 4.98 Å². The Kier molecular flexibility index (Phi) is 4.77. The molecule has 0 unspecified atom stereocenters. The van der Waals surface area contributed by atoms with Crippen LogP contribution in [0.25, 0.3) is 23.0 Å². The summed E-state index contributed by atoms with van der Waals surface area (Å²) in [5, 5.41) is 3.27. The first-order chi connectivity index (χ1) is 13.1. The minimum Gasteiger partial charge on any atom is -0.337 e. The number of benzene rings is 1. The van der Waals surface area contributed by atoms with Crippen molar-refractivity contribution in [3.05, 3.63) is 65.5 Å². The highest BCUT2D eigenvalue weighted by Crippen LogP contribution is 2.26. The molecule has 4 rings (SSSR count). The molecule has 1 aliphatic heterocycles. The van der Waals surface area contributed by atoms with Gasteiger partial charge in [0.1, 0.15) is 5.65 Å². The minimum atomic E-state index is 0.0495. The highest BCUT2D eigenvalue weighted by atomic mass is 16.2. The van der Waals surface area contributed by atoms with Gasteiger partial charge in [0.15, 0.2) is 0 Å². The highest BCUT2D eigenvalue weighted by molar-refractivity contribution is 5.93. The summed E-state index contributed by atoms with van der Waals surface area (Å²) in [7, 11) is 0. The molecule has 1 aromatic carbocycles. The number of hydrogen-bond acceptors (Lipinski definition) is 3. The van der Waals surface area contributed by atoms with Crippen LogP contribution in [-0.4, -0.2) is 46.4 Å². The first kappa shape index (κ1) is 17.5. The number of nitrogens with one attached hydrogen (secondary N) is 1. The molecule has 1 amide bonds. The topological polar surface area (TPSA) is 49.6 Å². The SMILES string of the molecule is Cc1ccc(-c2nc3cc(C)ccn3c2/C=C/C(=O)N2CCNCC2)cc1. The minimum absolute atomic E-state index is 0.0495. The average Bonchev–Trinajstić information content (AvgIpc) is 3.04. The molecule has 3 aromatic rings. The van der Waals surface area contributed by atoms with Crippen molar-refractivity contribution in [2.75, 3.05) is 26.2 Å². The molecule has 0 radical (unpaired) electrons. The number of pyridine rings is 1. The third kappa shape index (κ3) is 3.64. The van der Waals surface area contributed by atoms with Crippen molar-refractivity contribution in [1.29, 1.82) is 0 Å². The predicted molar refractivity (Wildman–Crippen MR) is 109 cm³/mol. The molecule has 2 aromatic heterocycles. The van der Waals surface area contributed by atoms with E-state index >= 15 is 0 Å². The maximum Gasteiger partial charge on any atom is 0.246 e. The molecular weight excluding hydrogens is 336 g/mol. The van der Waals surface area contributed by atoms with E-state index in [2.05, 4.69) is 55.6 Å². The van der Waals surface area contributed by atoms with Gasteiger partial charge in [0.25, 0.3) is 0 Å². The molecule has 1 saturated heterocycles. The van der Waals surface area contributed by atoms with E-state index in [9.17, 15) is 4.79 Å². The third-order valence-corrected chi connectivity index (χ3v) is 4.96. The molecule has 1 aliphatic rings. The smallest absolute Gasteiger partial charge is 0.246 e. The lowest BCUT2D eigenvalue weighted by molar-refractivity contribution is -0.126. The number of amides is 1. The number of imidazole rings is 1. The van der Waals surface area contributed by atoms with Crippen molar-refractivity contribution in [3.8, 4) is 11.3 Å². The fraction of sp³-hybridized carbons (Fsp3) is 0.273. The van der Waals surface area contributed by atoms with Crippen LogP contribution in [0.4, 0.5) is 0 Å². The van der Waals surface area contributed by atoms with Crippen LogP contribution < -0.4 is 5.32 Å². The summed E-state index contributed by atoms with van der Waals surface area (Å²) < 4.78 is 2.05. The van der Waals surface area contributed by atoms with E-state index < -0.39 is 0 Å². The van der Waals surface area contributed by atoms with Crippen molar-refractivity contribution in [2.45, 2.75) is 13.8 Å². The van der Waals surface area contributed by atoms with Crippen LogP contribution in [0, 0.1) is 13.8 Å². The van der Waals surface area contributed by atoms with Crippen LogP contribution in [0.5, 0.6) is 0 Å². The van der Waals surface area contributed by atoms with Crippen molar-refractivity contribution < 1.29 is 4.79 Å². The second-order valence-electron chi connectivity index (χ2n) is 7.05. The van der Waals surface area contributed by atoms with Crippen LogP contribution in [-0.2, 0) is 4.79 Å². The molecule has 0 bridgehead atoms. The van der Waals surface area contributed by atoms with E-state index in [0.29, 0.717) is 0 Å². The van der Waals surface area contributed by atoms with E-state index in [1.54, 1.807) is 6.08 Å². The lowest BCUT2D eigenvalue weighted by atomic mass is 10.1. The van der Waals surface area contributed by atoms with Crippen molar-refractivity contribution >= 4 is 17.6 Å². The molecule has 138 valence electrons. The number of rotatable bonds is 3. The molecule has 0 spiro atoms. The van der Waals surface area contributed by atoms with Crippen LogP contribution in [0.2, 0.25) is 0 Å². The van der Waals surface area contributed by atoms with Gasteiger partial charge in [-0.05, 0) is 37.6 Å². The lowest BCUT2D eigenvalue weighted by Gasteiger charge is -2.26. The second kappa shape index (κ2) is 7.37. The van der Waals surface area contributed by atoms with Gasteiger partial charge in [-0.25, -0.2) is 4.98 Å². The van der Waals surface area contributed by atoms with Gasteiger partial charge >= 0.3 is 0 Å². The number of carbonyl (C=O) groups excluding carboxylic acids is 1. The summed E-state index contributed by atoms with van der Waals surface area (Å²) in [6.07, 6.45) is 5.59. The van der Waals surface area contributed by atoms with E-state index in [1.807, 2.05) is 21.6 Å². The maximum absolute atomic E-state index is 12.6. The molecule has 0 saturated carbocycles. The third-order valence-electron chi connectivity index (χ3n) is 4.96. The molecule has 0 atom stereocenters. The zero-order valence-corrected chi connectivity index (χ0v) is 15.8. The molecule has 5 heteroatoms. The average molecular weight is 360 g/mol. The Morgan fingerprint density at radius 1 is 1.07 bits per heavy atom. The van der Waals surface area contributed by atoms with E-state index in [-0.39, 0.29) is 5.91 Å². The van der Waals surface area contributed by atoms with Crippen molar-refractivity contribution in [2.24, 2.45) is 0 Å². The number of aromatic nitrogens is 2. The second-order valence-corrected chi connectivity index (χ2v) is 7.05. The summed E-state index contributed by atoms with van der Waals surface area (Å²) in [5.41, 5.74) is 6.14. The zero-order chi connectivity index (χ0) is 18.8. The quantitative estimate of drug-likeness (QED) is 0.731. The van der Waals surface area contributed by atoms with Gasteiger partial charge in [0.05, 0.1) is 11.4 Å². The lowest BCUT2D eigenvalue weighted by Crippen LogP contribution is -2.45. The normalized spacial score (nSPS) is 15.0. The van der Waals surface area contributed by atoms with Gasteiger partial charge < -0.3 is 10.2 Å². The van der Waals surface area contributed by atoms with Gasteiger partial charge in [-0.1, -0.05) is 29.8 Å². The number of carbonyl (C=O) groups is 1. The zero-order valence-electron chi connectivity index (χ0n) is 15.8. The van der Waals surface area contributed by atoms with Gasteiger partial charge in [-0.3, -0.25) is 9.20 Å². The number of piperazine rings is 1. The fourth-order valence-corrected chi connectivity index (χ4v) is 3.39. The van der Waals surface area contributed by atoms with Gasteiger partial charge in [0.2, 0.25) is 5.91 Å². The first-order valence-electron chi connectivity index (χ1n) is 9.35. The van der Waals surface area contributed by atoms with Gasteiger partial charge in [0, 0.05) is 44.0 Å². The fourth-order valence-electron chi connectivity index (χ4n) is 3.39. The summed E-state index contributed by atoms with van der Waals surface area (Å²) in [6, 6.07) is 12.5. The van der Waals surface area contributed by atoms with Gasteiger partial charge in [-0.15, -0.1) is 0 Å². The Morgan fingerprint density at radius 2 is 1.81 bits per heavy atom. The van der Waals surface area contributed by atoms with Crippen LogP contribution in [0.15, 0.2) is 48.7 Å². The number of nitrogens with zero attached hydrogens (tertiary/aromatic N) is 3. The summed E-state index contributed by atoms with van der Waals surface area (Å²) >= 11 is 0. The standard InChI is InChI=1S/C22H24N4O/c1-16-3-5-18(6-4-16)22-19(26-12-9-17(2)15-20(26)24-22)7-8-21(27)25-13-10-23-11-14-25/h3-9,12,15,23H,10-11,13-14H2,1-2H3/b8-7+. The Balaban J connectivity index is 1.75. The maximum atomic E-state index is 12.6. The molecule has 27 heavy (non-hydrogen) atoms. The Labute approximate surface area is 159 Å². The molecule has 3 heterocycles. The van der Waals surface area contributed by atoms with Crippen LogP contribution in [0.1, 0.15) is 16.8 Å². The Morgan fingerprint density at radius 3 is 2.56 bits per heavy atom. The molecule has 1 N–H and O–H groups in total. The molecule has 0 aliphatic carbocycles. The number of hydrogen-bond donors (Lipinski definition) is 1. The van der Waals surface area contributed by atoms with Crippen molar-refractivity contribution in [3.63, 3.8) is 0 Å². The van der Waals surface area contributed by atoms with E-state index in [0.717, 1.165) is 54.3 Å². The Bertz CT molecular complexity index is 995. The van der Waals surface area contributed by atoms with Gasteiger partial charge in [-0.2, -0.15) is 0 Å². The Hall–Kier alpha value is -2.92. The highest BCUT2D eigenvalue weighted by Gasteiger charge is 2.16. The molecular formula is C22H24N4O. The first-order valence-corrected chi connectivity index (χ1v) is 9.35.